The Morgan fingerprint density at radius 1 is 1.11 bits per heavy atom. The van der Waals surface area contributed by atoms with Gasteiger partial charge in [-0.05, 0) is 64.4 Å². The number of hydrogen-bond donors (Lipinski definition) is 3. The molecule has 6 nitrogen and oxygen atoms in total. The van der Waals surface area contributed by atoms with Crippen LogP contribution in [0.3, 0.4) is 0 Å². The average Bonchev–Trinajstić information content (AvgIpc) is 3.17. The number of likely N-dealkylation sites (tertiary alicyclic amines) is 1. The molecule has 1 aliphatic heterocycles. The molecule has 27 heavy (non-hydrogen) atoms. The molecule has 1 heterocycles. The maximum Gasteiger partial charge on any atom is 0.191 e. The fourth-order valence-corrected chi connectivity index (χ4v) is 3.37. The third kappa shape index (κ3) is 7.39. The zero-order valence-electron chi connectivity index (χ0n) is 17.6. The maximum atomic E-state index is 5.30. The summed E-state index contributed by atoms with van der Waals surface area (Å²) in [5.74, 6) is 1.75. The molecule has 6 heteroatoms. The molecule has 0 radical (unpaired) electrons. The third-order valence-electron chi connectivity index (χ3n) is 4.84. The van der Waals surface area contributed by atoms with Crippen LogP contribution in [0.4, 0.5) is 0 Å². The Kier molecular flexibility index (Phi) is 8.38. The van der Waals surface area contributed by atoms with Gasteiger partial charge < -0.3 is 20.7 Å². The van der Waals surface area contributed by atoms with Crippen molar-refractivity contribution < 1.29 is 4.74 Å². The molecule has 1 aliphatic rings. The summed E-state index contributed by atoms with van der Waals surface area (Å²) in [6.07, 6.45) is 2.55. The summed E-state index contributed by atoms with van der Waals surface area (Å²) in [7, 11) is 3.53. The Morgan fingerprint density at radius 2 is 1.78 bits per heavy atom. The Hall–Kier alpha value is -1.79. The second-order valence-electron chi connectivity index (χ2n) is 8.09. The van der Waals surface area contributed by atoms with E-state index >= 15 is 0 Å². The largest absolute Gasteiger partial charge is 0.497 e. The quantitative estimate of drug-likeness (QED) is 0.370. The summed E-state index contributed by atoms with van der Waals surface area (Å²) in [5, 5.41) is 10.4. The SMILES string of the molecule is CN=C(NCCNC(C)(C)C)NCC(c1ccc(OC)cc1)N1CCCC1. The number of hydrogen-bond acceptors (Lipinski definition) is 4. The van der Waals surface area contributed by atoms with Crippen LogP contribution in [0.15, 0.2) is 29.3 Å². The smallest absolute Gasteiger partial charge is 0.191 e. The number of nitrogens with one attached hydrogen (secondary N) is 3. The van der Waals surface area contributed by atoms with Gasteiger partial charge in [0.2, 0.25) is 0 Å². The van der Waals surface area contributed by atoms with Gasteiger partial charge in [-0.3, -0.25) is 9.89 Å². The highest BCUT2D eigenvalue weighted by atomic mass is 16.5. The lowest BCUT2D eigenvalue weighted by Gasteiger charge is -2.29. The fraction of sp³-hybridized carbons (Fsp3) is 0.667. The Balaban J connectivity index is 1.91. The van der Waals surface area contributed by atoms with Crippen LogP contribution in [0.5, 0.6) is 5.75 Å². The van der Waals surface area contributed by atoms with Gasteiger partial charge in [-0.1, -0.05) is 12.1 Å². The van der Waals surface area contributed by atoms with E-state index in [0.717, 1.165) is 44.4 Å². The molecule has 0 bridgehead atoms. The fourth-order valence-electron chi connectivity index (χ4n) is 3.37. The first-order chi connectivity index (χ1) is 12.9. The summed E-state index contributed by atoms with van der Waals surface area (Å²) >= 11 is 0. The molecular weight excluding hydrogens is 338 g/mol. The molecule has 1 atom stereocenters. The summed E-state index contributed by atoms with van der Waals surface area (Å²) in [6.45, 7) is 11.4. The summed E-state index contributed by atoms with van der Waals surface area (Å²) in [5.41, 5.74) is 1.45. The van der Waals surface area contributed by atoms with E-state index in [4.69, 9.17) is 4.74 Å². The van der Waals surface area contributed by atoms with E-state index < -0.39 is 0 Å². The molecule has 0 saturated carbocycles. The molecule has 0 amide bonds. The van der Waals surface area contributed by atoms with Gasteiger partial charge in [0.25, 0.3) is 0 Å². The summed E-state index contributed by atoms with van der Waals surface area (Å²) in [6, 6.07) is 8.78. The molecule has 1 aromatic carbocycles. The van der Waals surface area contributed by atoms with Crippen LogP contribution in [-0.2, 0) is 0 Å². The van der Waals surface area contributed by atoms with Crippen LogP contribution < -0.4 is 20.7 Å². The topological polar surface area (TPSA) is 60.9 Å². The van der Waals surface area contributed by atoms with Gasteiger partial charge >= 0.3 is 0 Å². The van der Waals surface area contributed by atoms with Crippen molar-refractivity contribution in [2.75, 3.05) is 46.9 Å². The van der Waals surface area contributed by atoms with Crippen molar-refractivity contribution in [3.05, 3.63) is 29.8 Å². The maximum absolute atomic E-state index is 5.30. The van der Waals surface area contributed by atoms with Crippen LogP contribution >= 0.6 is 0 Å². The molecular formula is C21H37N5O. The summed E-state index contributed by atoms with van der Waals surface area (Å²) in [4.78, 5) is 6.93. The van der Waals surface area contributed by atoms with Crippen molar-refractivity contribution in [3.8, 4) is 5.75 Å². The molecule has 1 aromatic rings. The molecule has 2 rings (SSSR count). The molecule has 0 aromatic heterocycles. The normalized spacial score (nSPS) is 17.0. The van der Waals surface area contributed by atoms with Crippen LogP contribution in [0.25, 0.3) is 0 Å². The first-order valence-electron chi connectivity index (χ1n) is 10.0. The van der Waals surface area contributed by atoms with E-state index in [2.05, 4.69) is 58.7 Å². The van der Waals surface area contributed by atoms with Crippen molar-refractivity contribution in [2.24, 2.45) is 4.99 Å². The second kappa shape index (κ2) is 10.5. The van der Waals surface area contributed by atoms with E-state index in [1.165, 1.54) is 18.4 Å². The lowest BCUT2D eigenvalue weighted by molar-refractivity contribution is 0.245. The number of aliphatic imine (C=N–C) groups is 1. The van der Waals surface area contributed by atoms with Crippen molar-refractivity contribution in [2.45, 2.75) is 45.2 Å². The van der Waals surface area contributed by atoms with Crippen molar-refractivity contribution in [1.82, 2.24) is 20.9 Å². The minimum Gasteiger partial charge on any atom is -0.497 e. The standard InChI is InChI=1S/C21H37N5O/c1-21(2,3)25-13-12-23-20(22-4)24-16-19(26-14-6-7-15-26)17-8-10-18(27-5)11-9-17/h8-11,19,25H,6-7,12-16H2,1-5H3,(H2,22,23,24). The van der Waals surface area contributed by atoms with E-state index in [0.29, 0.717) is 6.04 Å². The Labute approximate surface area is 164 Å². The van der Waals surface area contributed by atoms with Gasteiger partial charge in [0, 0.05) is 32.2 Å². The van der Waals surface area contributed by atoms with Gasteiger partial charge in [0.05, 0.1) is 13.2 Å². The highest BCUT2D eigenvalue weighted by molar-refractivity contribution is 5.79. The predicted molar refractivity (Wildman–Crippen MR) is 114 cm³/mol. The van der Waals surface area contributed by atoms with Crippen LogP contribution in [0, 0.1) is 0 Å². The molecule has 1 saturated heterocycles. The zero-order valence-corrected chi connectivity index (χ0v) is 17.6. The highest BCUT2D eigenvalue weighted by Crippen LogP contribution is 2.26. The van der Waals surface area contributed by atoms with Gasteiger partial charge in [0.1, 0.15) is 5.75 Å². The van der Waals surface area contributed by atoms with Crippen LogP contribution in [0.2, 0.25) is 0 Å². The predicted octanol–water partition coefficient (Wildman–Crippen LogP) is 2.39. The minimum atomic E-state index is 0.133. The average molecular weight is 376 g/mol. The number of nitrogens with zero attached hydrogens (tertiary/aromatic N) is 2. The van der Waals surface area contributed by atoms with Gasteiger partial charge in [-0.15, -0.1) is 0 Å². The Bertz CT molecular complexity index is 573. The number of benzene rings is 1. The van der Waals surface area contributed by atoms with Crippen molar-refractivity contribution in [3.63, 3.8) is 0 Å². The van der Waals surface area contributed by atoms with Crippen molar-refractivity contribution >= 4 is 5.96 Å². The van der Waals surface area contributed by atoms with E-state index in [1.54, 1.807) is 7.11 Å². The van der Waals surface area contributed by atoms with E-state index in [1.807, 2.05) is 19.2 Å². The highest BCUT2D eigenvalue weighted by Gasteiger charge is 2.23. The number of guanidine groups is 1. The molecule has 1 unspecified atom stereocenters. The first kappa shape index (κ1) is 21.5. The van der Waals surface area contributed by atoms with Crippen LogP contribution in [0.1, 0.15) is 45.2 Å². The lowest BCUT2D eigenvalue weighted by atomic mass is 10.1. The number of ether oxygens (including phenoxy) is 1. The number of methoxy groups -OCH3 is 1. The van der Waals surface area contributed by atoms with Crippen LogP contribution in [-0.4, -0.2) is 63.3 Å². The molecule has 1 fully saturated rings. The first-order valence-corrected chi connectivity index (χ1v) is 10.0. The molecule has 0 spiro atoms. The third-order valence-corrected chi connectivity index (χ3v) is 4.84. The van der Waals surface area contributed by atoms with E-state index in [-0.39, 0.29) is 5.54 Å². The summed E-state index contributed by atoms with van der Waals surface area (Å²) < 4.78 is 5.30. The minimum absolute atomic E-state index is 0.133. The monoisotopic (exact) mass is 375 g/mol. The molecule has 152 valence electrons. The van der Waals surface area contributed by atoms with Gasteiger partial charge in [-0.25, -0.2) is 0 Å². The second-order valence-corrected chi connectivity index (χ2v) is 8.09. The molecule has 0 aliphatic carbocycles. The van der Waals surface area contributed by atoms with Gasteiger partial charge in [-0.2, -0.15) is 0 Å². The molecule has 3 N–H and O–H groups in total. The van der Waals surface area contributed by atoms with Crippen molar-refractivity contribution in [1.29, 1.82) is 0 Å². The Morgan fingerprint density at radius 3 is 2.33 bits per heavy atom. The zero-order chi connectivity index (χ0) is 19.7. The number of rotatable bonds is 8. The van der Waals surface area contributed by atoms with E-state index in [9.17, 15) is 0 Å². The lowest BCUT2D eigenvalue weighted by Crippen LogP contribution is -2.46. The van der Waals surface area contributed by atoms with Gasteiger partial charge in [0.15, 0.2) is 5.96 Å².